The summed E-state index contributed by atoms with van der Waals surface area (Å²) in [6.45, 7) is 5.73. The molecule has 1 aromatic heterocycles. The summed E-state index contributed by atoms with van der Waals surface area (Å²) < 4.78 is 52.8. The Kier molecular flexibility index (Phi) is 6.26. The SMILES string of the molecule is CC(C)c1ccc2cc(C(=O)NC(C)c3cc(F)c(NS(C)(=O)=O)c(F)c3)cnc2c1. The number of nitrogens with one attached hydrogen (secondary N) is 2. The first-order valence-corrected chi connectivity index (χ1v) is 11.5. The minimum atomic E-state index is -3.84. The molecule has 9 heteroatoms. The number of rotatable bonds is 6. The molecule has 164 valence electrons. The lowest BCUT2D eigenvalue weighted by Crippen LogP contribution is -2.27. The number of aromatic nitrogens is 1. The Bertz CT molecular complexity index is 1240. The number of hydrogen-bond donors (Lipinski definition) is 2. The Hall–Kier alpha value is -3.07. The first-order valence-electron chi connectivity index (χ1n) is 9.62. The lowest BCUT2D eigenvalue weighted by atomic mass is 10.0. The van der Waals surface area contributed by atoms with Crippen molar-refractivity contribution < 1.29 is 22.0 Å². The third-order valence-electron chi connectivity index (χ3n) is 4.84. The fraction of sp³-hybridized carbons (Fsp3) is 0.273. The maximum atomic E-state index is 14.2. The molecule has 0 aliphatic carbocycles. The molecule has 0 bridgehead atoms. The summed E-state index contributed by atoms with van der Waals surface area (Å²) in [5.74, 6) is -2.24. The summed E-state index contributed by atoms with van der Waals surface area (Å²) in [6, 6.07) is 8.79. The van der Waals surface area contributed by atoms with Crippen LogP contribution in [0.1, 0.15) is 54.2 Å². The second-order valence-electron chi connectivity index (χ2n) is 7.76. The highest BCUT2D eigenvalue weighted by Crippen LogP contribution is 2.26. The molecular weight excluding hydrogens is 424 g/mol. The number of hydrogen-bond acceptors (Lipinski definition) is 4. The molecule has 2 N–H and O–H groups in total. The molecule has 31 heavy (non-hydrogen) atoms. The molecule has 3 aromatic rings. The third kappa shape index (κ3) is 5.35. The molecule has 0 saturated heterocycles. The standard InChI is InChI=1S/C22H23F2N3O3S/c1-12(2)14-5-6-15-7-17(11-25-20(15)10-14)22(28)26-13(3)16-8-18(23)21(19(24)9-16)27-31(4,29)30/h5-13,27H,1-4H3,(H,26,28). The van der Waals surface area contributed by atoms with Gasteiger partial charge in [0.1, 0.15) is 5.69 Å². The highest BCUT2D eigenvalue weighted by Gasteiger charge is 2.19. The summed E-state index contributed by atoms with van der Waals surface area (Å²) in [5.41, 5.74) is 1.62. The van der Waals surface area contributed by atoms with Crippen molar-refractivity contribution in [2.75, 3.05) is 11.0 Å². The summed E-state index contributed by atoms with van der Waals surface area (Å²) in [5, 5.41) is 3.48. The molecule has 0 aliphatic rings. The van der Waals surface area contributed by atoms with Gasteiger partial charge in [0.15, 0.2) is 11.6 Å². The van der Waals surface area contributed by atoms with Crippen molar-refractivity contribution in [2.45, 2.75) is 32.7 Å². The molecule has 3 rings (SSSR count). The zero-order chi connectivity index (χ0) is 22.9. The Morgan fingerprint density at radius 2 is 1.65 bits per heavy atom. The topological polar surface area (TPSA) is 88.2 Å². The van der Waals surface area contributed by atoms with Gasteiger partial charge >= 0.3 is 0 Å². The first-order chi connectivity index (χ1) is 14.4. The number of carbonyl (C=O) groups excluding carboxylic acids is 1. The van der Waals surface area contributed by atoms with Crippen LogP contribution in [-0.2, 0) is 10.0 Å². The van der Waals surface area contributed by atoms with Gasteiger partial charge in [0.2, 0.25) is 10.0 Å². The van der Waals surface area contributed by atoms with Crippen LogP contribution in [0.15, 0.2) is 42.6 Å². The molecular formula is C22H23F2N3O3S. The van der Waals surface area contributed by atoms with Crippen molar-refractivity contribution in [3.8, 4) is 0 Å². The lowest BCUT2D eigenvalue weighted by molar-refractivity contribution is 0.0939. The van der Waals surface area contributed by atoms with Crippen LogP contribution in [0, 0.1) is 11.6 Å². The van der Waals surface area contributed by atoms with E-state index in [1.54, 1.807) is 17.7 Å². The smallest absolute Gasteiger partial charge is 0.253 e. The van der Waals surface area contributed by atoms with Crippen molar-refractivity contribution in [3.63, 3.8) is 0 Å². The molecule has 1 heterocycles. The Labute approximate surface area is 179 Å². The largest absolute Gasteiger partial charge is 0.345 e. The number of halogens is 2. The van der Waals surface area contributed by atoms with Gasteiger partial charge in [-0.1, -0.05) is 26.0 Å². The number of sulfonamides is 1. The van der Waals surface area contributed by atoms with Crippen LogP contribution in [-0.4, -0.2) is 25.6 Å². The summed E-state index contributed by atoms with van der Waals surface area (Å²) in [4.78, 5) is 17.0. The highest BCUT2D eigenvalue weighted by atomic mass is 32.2. The second-order valence-corrected chi connectivity index (χ2v) is 9.51. The van der Waals surface area contributed by atoms with Gasteiger partial charge in [0.05, 0.1) is 23.4 Å². The van der Waals surface area contributed by atoms with Crippen molar-refractivity contribution >= 4 is 32.5 Å². The van der Waals surface area contributed by atoms with E-state index in [1.807, 2.05) is 18.2 Å². The molecule has 0 radical (unpaired) electrons. The lowest BCUT2D eigenvalue weighted by Gasteiger charge is -2.16. The first kappa shape index (κ1) is 22.6. The van der Waals surface area contributed by atoms with E-state index in [1.165, 1.54) is 6.20 Å². The highest BCUT2D eigenvalue weighted by molar-refractivity contribution is 7.92. The van der Waals surface area contributed by atoms with Gasteiger partial charge in [0.25, 0.3) is 5.91 Å². The molecule has 1 atom stereocenters. The average molecular weight is 448 g/mol. The van der Waals surface area contributed by atoms with E-state index in [0.29, 0.717) is 11.5 Å². The predicted octanol–water partition coefficient (Wildman–Crippen LogP) is 4.50. The van der Waals surface area contributed by atoms with Crippen molar-refractivity contribution in [1.29, 1.82) is 0 Å². The van der Waals surface area contributed by atoms with E-state index in [2.05, 4.69) is 24.1 Å². The van der Waals surface area contributed by atoms with Gasteiger partial charge in [-0.05, 0) is 48.2 Å². The minimum Gasteiger partial charge on any atom is -0.345 e. The van der Waals surface area contributed by atoms with Gasteiger partial charge < -0.3 is 5.32 Å². The van der Waals surface area contributed by atoms with Gasteiger partial charge in [-0.3, -0.25) is 14.5 Å². The van der Waals surface area contributed by atoms with Crippen LogP contribution in [0.4, 0.5) is 14.5 Å². The molecule has 0 aliphatic heterocycles. The fourth-order valence-electron chi connectivity index (χ4n) is 3.11. The van der Waals surface area contributed by atoms with E-state index >= 15 is 0 Å². The number of amides is 1. The predicted molar refractivity (Wildman–Crippen MR) is 117 cm³/mol. The van der Waals surface area contributed by atoms with Crippen molar-refractivity contribution in [1.82, 2.24) is 10.3 Å². The van der Waals surface area contributed by atoms with Gasteiger partial charge in [0, 0.05) is 11.6 Å². The third-order valence-corrected chi connectivity index (χ3v) is 5.41. The zero-order valence-electron chi connectivity index (χ0n) is 17.5. The maximum absolute atomic E-state index is 14.2. The van der Waals surface area contributed by atoms with E-state index in [9.17, 15) is 22.0 Å². The van der Waals surface area contributed by atoms with Crippen LogP contribution in [0.3, 0.4) is 0 Å². The van der Waals surface area contributed by atoms with Crippen LogP contribution in [0.25, 0.3) is 10.9 Å². The van der Waals surface area contributed by atoms with Crippen LogP contribution in [0.5, 0.6) is 0 Å². The van der Waals surface area contributed by atoms with Crippen LogP contribution >= 0.6 is 0 Å². The van der Waals surface area contributed by atoms with Crippen molar-refractivity contribution in [3.05, 3.63) is 70.9 Å². The number of pyridine rings is 1. The normalized spacial score (nSPS) is 12.7. The van der Waals surface area contributed by atoms with E-state index in [0.717, 1.165) is 34.9 Å². The van der Waals surface area contributed by atoms with Gasteiger partial charge in [-0.25, -0.2) is 17.2 Å². The monoisotopic (exact) mass is 447 g/mol. The Balaban J connectivity index is 1.81. The van der Waals surface area contributed by atoms with E-state index < -0.39 is 39.3 Å². The summed E-state index contributed by atoms with van der Waals surface area (Å²) in [6.07, 6.45) is 2.25. The Morgan fingerprint density at radius 1 is 1.00 bits per heavy atom. The maximum Gasteiger partial charge on any atom is 0.253 e. The number of nitrogens with zero attached hydrogens (tertiary/aromatic N) is 1. The molecule has 1 unspecified atom stereocenters. The van der Waals surface area contributed by atoms with Crippen molar-refractivity contribution in [2.24, 2.45) is 0 Å². The summed E-state index contributed by atoms with van der Waals surface area (Å²) in [7, 11) is -3.84. The van der Waals surface area contributed by atoms with Crippen LogP contribution in [0.2, 0.25) is 0 Å². The molecule has 1 amide bonds. The van der Waals surface area contributed by atoms with Gasteiger partial charge in [-0.2, -0.15) is 0 Å². The number of carbonyl (C=O) groups is 1. The Morgan fingerprint density at radius 3 is 2.23 bits per heavy atom. The van der Waals surface area contributed by atoms with Gasteiger partial charge in [-0.15, -0.1) is 0 Å². The number of fused-ring (bicyclic) bond motifs is 1. The van der Waals surface area contributed by atoms with E-state index in [4.69, 9.17) is 0 Å². The number of anilines is 1. The second kappa shape index (κ2) is 8.58. The fourth-order valence-corrected chi connectivity index (χ4v) is 3.68. The van der Waals surface area contributed by atoms with Crippen LogP contribution < -0.4 is 10.0 Å². The quantitative estimate of drug-likeness (QED) is 0.582. The molecule has 0 fully saturated rings. The molecule has 2 aromatic carbocycles. The summed E-state index contributed by atoms with van der Waals surface area (Å²) >= 11 is 0. The minimum absolute atomic E-state index is 0.151. The molecule has 0 spiro atoms. The molecule has 0 saturated carbocycles. The number of benzene rings is 2. The zero-order valence-corrected chi connectivity index (χ0v) is 18.3. The molecule has 6 nitrogen and oxygen atoms in total. The van der Waals surface area contributed by atoms with E-state index in [-0.39, 0.29) is 5.56 Å². The average Bonchev–Trinajstić information content (AvgIpc) is 2.68.